The highest BCUT2D eigenvalue weighted by Crippen LogP contribution is 2.31. The molecule has 0 aliphatic carbocycles. The lowest BCUT2D eigenvalue weighted by molar-refractivity contribution is -0.116. The average molecular weight is 469 g/mol. The third-order valence-electron chi connectivity index (χ3n) is 5.68. The minimum Gasteiger partial charge on any atom is -0.324 e. The number of halogens is 1. The first-order valence-electron chi connectivity index (χ1n) is 10.7. The molecule has 4 rings (SSSR count). The molecule has 3 aromatic carbocycles. The number of carbonyl (C=O) groups excluding carboxylic acids is 1. The first-order valence-corrected chi connectivity index (χ1v) is 12.5. The number of sulfonamides is 1. The molecular formula is C25H25ClN2O3S. The summed E-state index contributed by atoms with van der Waals surface area (Å²) in [5.74, 6) is -0.840. The van der Waals surface area contributed by atoms with Crippen LogP contribution < -0.4 is 5.32 Å². The van der Waals surface area contributed by atoms with Gasteiger partial charge in [-0.25, -0.2) is 8.42 Å². The van der Waals surface area contributed by atoms with E-state index in [1.54, 1.807) is 0 Å². The molecule has 1 saturated heterocycles. The molecule has 1 aliphatic rings. The van der Waals surface area contributed by atoms with Crippen molar-refractivity contribution in [3.05, 3.63) is 95.0 Å². The van der Waals surface area contributed by atoms with Crippen molar-refractivity contribution in [3.63, 3.8) is 0 Å². The molecule has 166 valence electrons. The second kappa shape index (κ2) is 9.86. The van der Waals surface area contributed by atoms with Gasteiger partial charge >= 0.3 is 0 Å². The summed E-state index contributed by atoms with van der Waals surface area (Å²) in [7, 11) is -3.64. The van der Waals surface area contributed by atoms with E-state index in [4.69, 9.17) is 11.6 Å². The number of benzene rings is 3. The molecule has 5 nitrogen and oxygen atoms in total. The highest BCUT2D eigenvalue weighted by Gasteiger charge is 2.28. The Labute approximate surface area is 194 Å². The largest absolute Gasteiger partial charge is 0.324 e. The van der Waals surface area contributed by atoms with Crippen molar-refractivity contribution in [3.8, 4) is 0 Å². The second-order valence-corrected chi connectivity index (χ2v) is 10.2. The standard InChI is InChI=1S/C25H25ClN2O3S/c26-22-15-14-21(32(30,31)28-16-8-3-9-17-28)18-23(22)27-25(29)24(19-10-4-1-5-11-19)20-12-6-2-7-13-20/h1-2,4-7,10-15,18,24H,3,8-9,16-17H2,(H,27,29). The van der Waals surface area contributed by atoms with Gasteiger partial charge in [-0.2, -0.15) is 4.31 Å². The molecule has 32 heavy (non-hydrogen) atoms. The lowest BCUT2D eigenvalue weighted by Crippen LogP contribution is -2.35. The van der Waals surface area contributed by atoms with Crippen LogP contribution in [0.3, 0.4) is 0 Å². The zero-order chi connectivity index (χ0) is 22.6. The number of amides is 1. The molecule has 1 aliphatic heterocycles. The van der Waals surface area contributed by atoms with Gasteiger partial charge in [0.15, 0.2) is 0 Å². The fraction of sp³-hybridized carbons (Fsp3) is 0.240. The van der Waals surface area contributed by atoms with Crippen LogP contribution in [0.15, 0.2) is 83.8 Å². The van der Waals surface area contributed by atoms with Gasteiger partial charge in [0.2, 0.25) is 15.9 Å². The smallest absolute Gasteiger partial charge is 0.243 e. The van der Waals surface area contributed by atoms with Crippen LogP contribution in [0.25, 0.3) is 0 Å². The van der Waals surface area contributed by atoms with Crippen molar-refractivity contribution in [1.82, 2.24) is 4.31 Å². The molecule has 1 fully saturated rings. The van der Waals surface area contributed by atoms with E-state index in [9.17, 15) is 13.2 Å². The monoisotopic (exact) mass is 468 g/mol. The molecule has 0 aromatic heterocycles. The predicted molar refractivity (Wildman–Crippen MR) is 127 cm³/mol. The van der Waals surface area contributed by atoms with Crippen LogP contribution in [0.5, 0.6) is 0 Å². The van der Waals surface area contributed by atoms with Crippen LogP contribution in [0.1, 0.15) is 36.3 Å². The number of hydrogen-bond acceptors (Lipinski definition) is 3. The fourth-order valence-corrected chi connectivity index (χ4v) is 5.71. The minimum absolute atomic E-state index is 0.134. The van der Waals surface area contributed by atoms with Crippen molar-refractivity contribution in [2.45, 2.75) is 30.1 Å². The molecular weight excluding hydrogens is 444 g/mol. The Morgan fingerprint density at radius 3 is 1.97 bits per heavy atom. The summed E-state index contributed by atoms with van der Waals surface area (Å²) in [6.45, 7) is 1.02. The summed E-state index contributed by atoms with van der Waals surface area (Å²) in [5, 5.41) is 3.16. The summed E-state index contributed by atoms with van der Waals surface area (Å²) in [6, 6.07) is 23.4. The average Bonchev–Trinajstić information content (AvgIpc) is 2.82. The number of carbonyl (C=O) groups is 1. The number of piperidine rings is 1. The first kappa shape index (κ1) is 22.5. The molecule has 7 heteroatoms. The Morgan fingerprint density at radius 2 is 1.41 bits per heavy atom. The van der Waals surface area contributed by atoms with E-state index in [1.807, 2.05) is 60.7 Å². The Hall–Kier alpha value is -2.67. The lowest BCUT2D eigenvalue weighted by Gasteiger charge is -2.26. The van der Waals surface area contributed by atoms with Crippen LogP contribution in [-0.2, 0) is 14.8 Å². The van der Waals surface area contributed by atoms with E-state index in [0.29, 0.717) is 13.1 Å². The van der Waals surface area contributed by atoms with Gasteiger partial charge in [-0.1, -0.05) is 78.7 Å². The second-order valence-electron chi connectivity index (χ2n) is 7.85. The van der Waals surface area contributed by atoms with Gasteiger partial charge in [0.05, 0.1) is 21.5 Å². The van der Waals surface area contributed by atoms with Crippen LogP contribution in [0.2, 0.25) is 5.02 Å². The molecule has 3 aromatic rings. The quantitative estimate of drug-likeness (QED) is 0.534. The van der Waals surface area contributed by atoms with Gasteiger partial charge in [-0.15, -0.1) is 0 Å². The van der Waals surface area contributed by atoms with Crippen molar-refractivity contribution < 1.29 is 13.2 Å². The van der Waals surface area contributed by atoms with Gasteiger partial charge in [-0.05, 0) is 42.2 Å². The SMILES string of the molecule is O=C(Nc1cc(S(=O)(=O)N2CCCCC2)ccc1Cl)C(c1ccccc1)c1ccccc1. The molecule has 1 heterocycles. The zero-order valence-corrected chi connectivity index (χ0v) is 19.1. The Morgan fingerprint density at radius 1 is 0.844 bits per heavy atom. The molecule has 1 amide bonds. The van der Waals surface area contributed by atoms with Crippen molar-refractivity contribution in [1.29, 1.82) is 0 Å². The number of nitrogens with zero attached hydrogens (tertiary/aromatic N) is 1. The zero-order valence-electron chi connectivity index (χ0n) is 17.6. The molecule has 0 saturated carbocycles. The maximum absolute atomic E-state index is 13.4. The predicted octanol–water partition coefficient (Wildman–Crippen LogP) is 5.29. The fourth-order valence-electron chi connectivity index (χ4n) is 4.01. The molecule has 0 spiro atoms. The van der Waals surface area contributed by atoms with Gasteiger partial charge < -0.3 is 5.32 Å². The maximum Gasteiger partial charge on any atom is 0.243 e. The molecule has 0 atom stereocenters. The molecule has 1 N–H and O–H groups in total. The summed E-state index contributed by atoms with van der Waals surface area (Å²) >= 11 is 6.35. The van der Waals surface area contributed by atoms with Crippen molar-refractivity contribution >= 4 is 33.2 Å². The Kier molecular flexibility index (Phi) is 6.94. The molecule has 0 radical (unpaired) electrons. The van der Waals surface area contributed by atoms with Gasteiger partial charge in [0.25, 0.3) is 0 Å². The summed E-state index contributed by atoms with van der Waals surface area (Å²) in [4.78, 5) is 13.5. The van der Waals surface area contributed by atoms with Gasteiger partial charge in [0.1, 0.15) is 0 Å². The summed E-state index contributed by atoms with van der Waals surface area (Å²) in [5.41, 5.74) is 1.96. The van der Waals surface area contributed by atoms with E-state index in [1.165, 1.54) is 22.5 Å². The molecule has 0 bridgehead atoms. The van der Waals surface area contributed by atoms with Crippen LogP contribution in [0.4, 0.5) is 5.69 Å². The summed E-state index contributed by atoms with van der Waals surface area (Å²) in [6.07, 6.45) is 2.74. The van der Waals surface area contributed by atoms with E-state index in [0.717, 1.165) is 30.4 Å². The first-order chi connectivity index (χ1) is 15.5. The number of anilines is 1. The highest BCUT2D eigenvalue weighted by atomic mass is 35.5. The molecule has 0 unspecified atom stereocenters. The Bertz CT molecular complexity index is 1140. The minimum atomic E-state index is -3.64. The van der Waals surface area contributed by atoms with Gasteiger partial charge in [-0.3, -0.25) is 4.79 Å². The summed E-state index contributed by atoms with van der Waals surface area (Å²) < 4.78 is 27.7. The third kappa shape index (κ3) is 4.88. The normalized spacial score (nSPS) is 14.9. The lowest BCUT2D eigenvalue weighted by atomic mass is 9.90. The maximum atomic E-state index is 13.4. The van der Waals surface area contributed by atoms with Crippen LogP contribution in [-0.4, -0.2) is 31.7 Å². The highest BCUT2D eigenvalue weighted by molar-refractivity contribution is 7.89. The van der Waals surface area contributed by atoms with Crippen LogP contribution >= 0.6 is 11.6 Å². The van der Waals surface area contributed by atoms with Crippen molar-refractivity contribution in [2.24, 2.45) is 0 Å². The van der Waals surface area contributed by atoms with E-state index in [-0.39, 0.29) is 21.5 Å². The van der Waals surface area contributed by atoms with Crippen LogP contribution in [0, 0.1) is 0 Å². The number of nitrogens with one attached hydrogen (secondary N) is 1. The van der Waals surface area contributed by atoms with E-state index >= 15 is 0 Å². The van der Waals surface area contributed by atoms with E-state index < -0.39 is 15.9 Å². The third-order valence-corrected chi connectivity index (χ3v) is 7.90. The number of hydrogen-bond donors (Lipinski definition) is 1. The van der Waals surface area contributed by atoms with Gasteiger partial charge in [0, 0.05) is 13.1 Å². The van der Waals surface area contributed by atoms with Crippen molar-refractivity contribution in [2.75, 3.05) is 18.4 Å². The topological polar surface area (TPSA) is 66.5 Å². The van der Waals surface area contributed by atoms with E-state index in [2.05, 4.69) is 5.32 Å². The Balaban J connectivity index is 1.65. The number of rotatable bonds is 6.